The van der Waals surface area contributed by atoms with Gasteiger partial charge in [-0.1, -0.05) is 0 Å². The first kappa shape index (κ1) is 15.3. The summed E-state index contributed by atoms with van der Waals surface area (Å²) in [6.07, 6.45) is 3.47. The van der Waals surface area contributed by atoms with Gasteiger partial charge in [0, 0.05) is 39.3 Å². The van der Waals surface area contributed by atoms with E-state index in [0.717, 1.165) is 52.1 Å². The molecule has 1 atom stereocenters. The fraction of sp³-hybridized carbons (Fsp3) is 0.857. The molecule has 6 heteroatoms. The third-order valence-electron chi connectivity index (χ3n) is 4.38. The molecule has 2 heterocycles. The number of piperidine rings is 1. The van der Waals surface area contributed by atoms with E-state index in [0.29, 0.717) is 6.54 Å². The Balaban J connectivity index is 1.73. The summed E-state index contributed by atoms with van der Waals surface area (Å²) >= 11 is 0. The number of piperazine rings is 1. The molecule has 2 saturated heterocycles. The Bertz CT molecular complexity index is 348. The fourth-order valence-corrected chi connectivity index (χ4v) is 2.90. The smallest absolute Gasteiger partial charge is 0.320 e. The van der Waals surface area contributed by atoms with Crippen molar-refractivity contribution < 1.29 is 14.7 Å². The molecule has 20 heavy (non-hydrogen) atoms. The van der Waals surface area contributed by atoms with Gasteiger partial charge in [-0.05, 0) is 26.2 Å². The average molecular weight is 283 g/mol. The van der Waals surface area contributed by atoms with Crippen LogP contribution in [-0.4, -0.2) is 83.5 Å². The van der Waals surface area contributed by atoms with E-state index in [1.165, 1.54) is 6.42 Å². The summed E-state index contributed by atoms with van der Waals surface area (Å²) < 4.78 is 0. The van der Waals surface area contributed by atoms with Crippen LogP contribution in [0.25, 0.3) is 0 Å². The van der Waals surface area contributed by atoms with E-state index in [9.17, 15) is 9.59 Å². The second-order valence-corrected chi connectivity index (χ2v) is 5.77. The standard InChI is InChI=1S/C14H25N3O3/c1-12(14(19)20)16-9-7-15(8-10-16)11-13(18)17-5-3-2-4-6-17/h12H,2-11H2,1H3,(H,19,20)/t12-/m0/s1. The molecule has 2 rings (SSSR count). The van der Waals surface area contributed by atoms with Gasteiger partial charge in [0.2, 0.25) is 5.91 Å². The van der Waals surface area contributed by atoms with Gasteiger partial charge < -0.3 is 10.0 Å². The number of nitrogens with zero attached hydrogens (tertiary/aromatic N) is 3. The summed E-state index contributed by atoms with van der Waals surface area (Å²) in [5.41, 5.74) is 0. The van der Waals surface area contributed by atoms with Crippen molar-refractivity contribution in [2.24, 2.45) is 0 Å². The lowest BCUT2D eigenvalue weighted by Gasteiger charge is -2.37. The maximum Gasteiger partial charge on any atom is 0.320 e. The van der Waals surface area contributed by atoms with E-state index in [1.54, 1.807) is 6.92 Å². The number of hydrogen-bond acceptors (Lipinski definition) is 4. The summed E-state index contributed by atoms with van der Waals surface area (Å²) in [4.78, 5) is 29.2. The quantitative estimate of drug-likeness (QED) is 0.792. The van der Waals surface area contributed by atoms with Gasteiger partial charge in [0.05, 0.1) is 6.54 Å². The number of aliphatic carboxylic acids is 1. The first-order valence-electron chi connectivity index (χ1n) is 7.55. The minimum Gasteiger partial charge on any atom is -0.480 e. The topological polar surface area (TPSA) is 64.1 Å². The molecule has 0 spiro atoms. The van der Waals surface area contributed by atoms with Crippen LogP contribution in [0.4, 0.5) is 0 Å². The first-order chi connectivity index (χ1) is 9.58. The predicted octanol–water partition coefficient (Wildman–Crippen LogP) is 0.0896. The van der Waals surface area contributed by atoms with Crippen LogP contribution in [0.5, 0.6) is 0 Å². The third kappa shape index (κ3) is 3.93. The molecular formula is C14H25N3O3. The highest BCUT2D eigenvalue weighted by atomic mass is 16.4. The molecule has 2 aliphatic rings. The predicted molar refractivity (Wildman–Crippen MR) is 75.5 cm³/mol. The molecule has 0 aromatic rings. The van der Waals surface area contributed by atoms with E-state index >= 15 is 0 Å². The lowest BCUT2D eigenvalue weighted by Crippen LogP contribution is -2.54. The van der Waals surface area contributed by atoms with Crippen molar-refractivity contribution in [2.45, 2.75) is 32.2 Å². The second-order valence-electron chi connectivity index (χ2n) is 5.77. The van der Waals surface area contributed by atoms with E-state index < -0.39 is 12.0 Å². The van der Waals surface area contributed by atoms with Crippen LogP contribution < -0.4 is 0 Å². The molecule has 6 nitrogen and oxygen atoms in total. The minimum absolute atomic E-state index is 0.226. The molecule has 0 unspecified atom stereocenters. The largest absolute Gasteiger partial charge is 0.480 e. The zero-order valence-electron chi connectivity index (χ0n) is 12.3. The van der Waals surface area contributed by atoms with Crippen LogP contribution in [0.2, 0.25) is 0 Å². The van der Waals surface area contributed by atoms with Crippen molar-refractivity contribution in [3.05, 3.63) is 0 Å². The van der Waals surface area contributed by atoms with Gasteiger partial charge in [0.25, 0.3) is 0 Å². The van der Waals surface area contributed by atoms with Gasteiger partial charge in [-0.2, -0.15) is 0 Å². The van der Waals surface area contributed by atoms with Crippen molar-refractivity contribution in [2.75, 3.05) is 45.8 Å². The number of carboxylic acids is 1. The lowest BCUT2D eigenvalue weighted by atomic mass is 10.1. The molecule has 0 aromatic carbocycles. The Hall–Kier alpha value is -1.14. The molecule has 2 fully saturated rings. The summed E-state index contributed by atoms with van der Waals surface area (Å²) in [5.74, 6) is -0.549. The molecule has 114 valence electrons. The molecule has 0 saturated carbocycles. The number of carbonyl (C=O) groups excluding carboxylic acids is 1. The van der Waals surface area contributed by atoms with Crippen molar-refractivity contribution in [3.8, 4) is 0 Å². The average Bonchev–Trinajstić information content (AvgIpc) is 2.48. The zero-order valence-corrected chi connectivity index (χ0v) is 12.3. The van der Waals surface area contributed by atoms with Crippen molar-refractivity contribution in [1.29, 1.82) is 0 Å². The third-order valence-corrected chi connectivity index (χ3v) is 4.38. The Morgan fingerprint density at radius 1 is 1.00 bits per heavy atom. The van der Waals surface area contributed by atoms with Crippen LogP contribution in [-0.2, 0) is 9.59 Å². The zero-order chi connectivity index (χ0) is 14.5. The lowest BCUT2D eigenvalue weighted by molar-refractivity contribution is -0.144. The molecule has 0 radical (unpaired) electrons. The van der Waals surface area contributed by atoms with Crippen LogP contribution in [0.3, 0.4) is 0 Å². The number of amides is 1. The van der Waals surface area contributed by atoms with Crippen LogP contribution in [0.15, 0.2) is 0 Å². The number of carboxylic acid groups (broad SMARTS) is 1. The monoisotopic (exact) mass is 283 g/mol. The fourth-order valence-electron chi connectivity index (χ4n) is 2.90. The van der Waals surface area contributed by atoms with E-state index in [1.807, 2.05) is 9.80 Å². The van der Waals surface area contributed by atoms with Gasteiger partial charge >= 0.3 is 5.97 Å². The normalized spacial score (nSPS) is 23.6. The highest BCUT2D eigenvalue weighted by Gasteiger charge is 2.27. The van der Waals surface area contributed by atoms with Crippen LogP contribution >= 0.6 is 0 Å². The van der Waals surface area contributed by atoms with Gasteiger partial charge in [-0.25, -0.2) is 0 Å². The van der Waals surface area contributed by atoms with Gasteiger partial charge in [0.1, 0.15) is 6.04 Å². The van der Waals surface area contributed by atoms with Crippen molar-refractivity contribution >= 4 is 11.9 Å². The Morgan fingerprint density at radius 3 is 2.15 bits per heavy atom. The molecule has 1 N–H and O–H groups in total. The van der Waals surface area contributed by atoms with E-state index in [-0.39, 0.29) is 5.91 Å². The molecular weight excluding hydrogens is 258 g/mol. The summed E-state index contributed by atoms with van der Waals surface area (Å²) in [6, 6.07) is -0.435. The Morgan fingerprint density at radius 2 is 1.60 bits per heavy atom. The molecule has 1 amide bonds. The molecule has 0 aromatic heterocycles. The highest BCUT2D eigenvalue weighted by molar-refractivity contribution is 5.78. The number of rotatable bonds is 4. The van der Waals surface area contributed by atoms with Gasteiger partial charge in [0.15, 0.2) is 0 Å². The molecule has 0 bridgehead atoms. The molecule has 2 aliphatic heterocycles. The van der Waals surface area contributed by atoms with Crippen molar-refractivity contribution in [1.82, 2.24) is 14.7 Å². The second kappa shape index (κ2) is 7.04. The summed E-state index contributed by atoms with van der Waals surface area (Å²) in [7, 11) is 0. The Kier molecular flexibility index (Phi) is 5.37. The van der Waals surface area contributed by atoms with Crippen molar-refractivity contribution in [3.63, 3.8) is 0 Å². The molecule has 0 aliphatic carbocycles. The summed E-state index contributed by atoms with van der Waals surface area (Å²) in [6.45, 7) is 6.99. The van der Waals surface area contributed by atoms with Crippen LogP contribution in [0, 0.1) is 0 Å². The van der Waals surface area contributed by atoms with Gasteiger partial charge in [-0.15, -0.1) is 0 Å². The maximum atomic E-state index is 12.2. The van der Waals surface area contributed by atoms with E-state index in [2.05, 4.69) is 4.90 Å². The number of likely N-dealkylation sites (tertiary alicyclic amines) is 1. The maximum absolute atomic E-state index is 12.2. The van der Waals surface area contributed by atoms with E-state index in [4.69, 9.17) is 5.11 Å². The highest BCUT2D eigenvalue weighted by Crippen LogP contribution is 2.11. The first-order valence-corrected chi connectivity index (χ1v) is 7.55. The minimum atomic E-state index is -0.775. The number of carbonyl (C=O) groups is 2. The Labute approximate surface area is 120 Å². The van der Waals surface area contributed by atoms with Crippen LogP contribution in [0.1, 0.15) is 26.2 Å². The SMILES string of the molecule is C[C@@H](C(=O)O)N1CCN(CC(=O)N2CCCCC2)CC1. The number of hydrogen-bond donors (Lipinski definition) is 1. The summed E-state index contributed by atoms with van der Waals surface area (Å²) in [5, 5.41) is 9.00. The van der Waals surface area contributed by atoms with Gasteiger partial charge in [-0.3, -0.25) is 19.4 Å².